The Balaban J connectivity index is 2.06. The van der Waals surface area contributed by atoms with Gasteiger partial charge in [0.15, 0.2) is 0 Å². The van der Waals surface area contributed by atoms with E-state index in [1.54, 1.807) is 12.1 Å². The Bertz CT molecular complexity index is 797. The maximum Gasteiger partial charge on any atom is 0.214 e. The fourth-order valence-electron chi connectivity index (χ4n) is 2.06. The Morgan fingerprint density at radius 1 is 1.00 bits per heavy atom. The molecule has 0 N–H and O–H groups in total. The third-order valence-corrected chi connectivity index (χ3v) is 3.05. The quantitative estimate of drug-likeness (QED) is 0.691. The number of carbonyl (C=O) groups excluding carboxylic acids is 1. The minimum atomic E-state index is -0.888. The van der Waals surface area contributed by atoms with Crippen molar-refractivity contribution in [2.45, 2.75) is 0 Å². The number of hydrogen-bond donors (Lipinski definition) is 0. The molecule has 0 fully saturated rings. The Morgan fingerprint density at radius 3 is 2.48 bits per heavy atom. The number of halogens is 2. The molecule has 0 aliphatic carbocycles. The van der Waals surface area contributed by atoms with Gasteiger partial charge in [-0.1, -0.05) is 18.2 Å². The number of rotatable bonds is 3. The minimum absolute atomic E-state index is 0.186. The van der Waals surface area contributed by atoms with Gasteiger partial charge >= 0.3 is 0 Å². The van der Waals surface area contributed by atoms with Crippen LogP contribution < -0.4 is 0 Å². The highest BCUT2D eigenvalue weighted by atomic mass is 19.1. The van der Waals surface area contributed by atoms with Crippen molar-refractivity contribution in [2.75, 3.05) is 0 Å². The van der Waals surface area contributed by atoms with Gasteiger partial charge in [-0.25, -0.2) is 13.5 Å². The molecule has 3 aromatic rings. The number of hydrogen-bond acceptors (Lipinski definition) is 2. The second kappa shape index (κ2) is 5.28. The van der Waals surface area contributed by atoms with E-state index in [2.05, 4.69) is 5.10 Å². The Morgan fingerprint density at radius 2 is 1.76 bits per heavy atom. The summed E-state index contributed by atoms with van der Waals surface area (Å²) in [6, 6.07) is 13.4. The third-order valence-electron chi connectivity index (χ3n) is 3.05. The molecule has 3 nitrogen and oxygen atoms in total. The van der Waals surface area contributed by atoms with E-state index < -0.39 is 17.4 Å². The number of nitrogens with zero attached hydrogens (tertiary/aromatic N) is 2. The van der Waals surface area contributed by atoms with Crippen molar-refractivity contribution in [1.82, 2.24) is 9.78 Å². The van der Waals surface area contributed by atoms with Gasteiger partial charge in [0.1, 0.15) is 17.3 Å². The summed E-state index contributed by atoms with van der Waals surface area (Å²) >= 11 is 0. The first-order valence-electron chi connectivity index (χ1n) is 6.26. The number of aromatic nitrogens is 2. The zero-order valence-electron chi connectivity index (χ0n) is 10.8. The van der Waals surface area contributed by atoms with Crippen molar-refractivity contribution in [1.29, 1.82) is 0 Å². The first-order valence-corrected chi connectivity index (χ1v) is 6.26. The summed E-state index contributed by atoms with van der Waals surface area (Å²) < 4.78 is 28.1. The van der Waals surface area contributed by atoms with Crippen LogP contribution >= 0.6 is 0 Å². The molecule has 21 heavy (non-hydrogen) atoms. The average Bonchev–Trinajstić information content (AvgIpc) is 2.97. The van der Waals surface area contributed by atoms with E-state index in [0.717, 1.165) is 12.1 Å². The molecule has 1 heterocycles. The van der Waals surface area contributed by atoms with Crippen molar-refractivity contribution >= 4 is 5.78 Å². The molecule has 3 rings (SSSR count). The Labute approximate surface area is 119 Å². The number of para-hydroxylation sites is 1. The lowest BCUT2D eigenvalue weighted by Gasteiger charge is -2.07. The van der Waals surface area contributed by atoms with Gasteiger partial charge in [0, 0.05) is 6.07 Å². The largest absolute Gasteiger partial charge is 0.287 e. The molecule has 5 heteroatoms. The predicted molar refractivity (Wildman–Crippen MR) is 73.4 cm³/mol. The molecule has 0 aliphatic heterocycles. The number of ketones is 1. The van der Waals surface area contributed by atoms with Gasteiger partial charge in [-0.2, -0.15) is 5.10 Å². The van der Waals surface area contributed by atoms with Crippen LogP contribution in [-0.2, 0) is 0 Å². The molecule has 1 aromatic heterocycles. The zero-order valence-corrected chi connectivity index (χ0v) is 10.8. The minimum Gasteiger partial charge on any atom is -0.287 e. The van der Waals surface area contributed by atoms with Crippen molar-refractivity contribution in [3.05, 3.63) is 83.7 Å². The van der Waals surface area contributed by atoms with Gasteiger partial charge in [-0.3, -0.25) is 4.79 Å². The molecule has 0 unspecified atom stereocenters. The number of carbonyl (C=O) groups is 1. The fourth-order valence-corrected chi connectivity index (χ4v) is 2.06. The predicted octanol–water partition coefficient (Wildman–Crippen LogP) is 3.38. The van der Waals surface area contributed by atoms with Gasteiger partial charge in [-0.05, 0) is 30.3 Å². The lowest BCUT2D eigenvalue weighted by molar-refractivity contribution is 0.102. The van der Waals surface area contributed by atoms with E-state index in [9.17, 15) is 13.6 Å². The lowest BCUT2D eigenvalue weighted by atomic mass is 10.1. The maximum absolute atomic E-state index is 13.7. The first-order chi connectivity index (χ1) is 10.2. The fraction of sp³-hybridized carbons (Fsp3) is 0. The van der Waals surface area contributed by atoms with E-state index >= 15 is 0 Å². The molecule has 104 valence electrons. The van der Waals surface area contributed by atoms with E-state index in [0.29, 0.717) is 11.8 Å². The van der Waals surface area contributed by atoms with Crippen molar-refractivity contribution in [2.24, 2.45) is 0 Å². The molecule has 0 bridgehead atoms. The second-order valence-electron chi connectivity index (χ2n) is 4.42. The molecule has 0 spiro atoms. The normalized spacial score (nSPS) is 10.6. The Hall–Kier alpha value is -2.82. The van der Waals surface area contributed by atoms with Gasteiger partial charge in [0.2, 0.25) is 5.78 Å². The van der Waals surface area contributed by atoms with Crippen LogP contribution in [0.15, 0.2) is 60.8 Å². The van der Waals surface area contributed by atoms with Crippen LogP contribution in [0.1, 0.15) is 16.1 Å². The summed E-state index contributed by atoms with van der Waals surface area (Å²) in [6.07, 6.45) is 1.46. The SMILES string of the molecule is O=C(c1ccc(F)cc1F)c1ccnn1-c1ccccc1. The van der Waals surface area contributed by atoms with Crippen LogP contribution in [-0.4, -0.2) is 15.6 Å². The van der Waals surface area contributed by atoms with Crippen LogP contribution in [0, 0.1) is 11.6 Å². The lowest BCUT2D eigenvalue weighted by Crippen LogP contribution is -2.11. The topological polar surface area (TPSA) is 34.9 Å². The summed E-state index contributed by atoms with van der Waals surface area (Å²) in [5.41, 5.74) is 0.717. The molecule has 0 amide bonds. The molecular weight excluding hydrogens is 274 g/mol. The van der Waals surface area contributed by atoms with Crippen LogP contribution in [0.25, 0.3) is 5.69 Å². The van der Waals surface area contributed by atoms with E-state index in [1.807, 2.05) is 18.2 Å². The molecule has 0 saturated carbocycles. The highest BCUT2D eigenvalue weighted by molar-refractivity contribution is 6.08. The van der Waals surface area contributed by atoms with E-state index in [1.165, 1.54) is 16.9 Å². The first kappa shape index (κ1) is 13.2. The second-order valence-corrected chi connectivity index (χ2v) is 4.42. The Kier molecular flexibility index (Phi) is 3.31. The molecule has 0 saturated heterocycles. The van der Waals surface area contributed by atoms with Gasteiger partial charge < -0.3 is 0 Å². The third kappa shape index (κ3) is 2.45. The summed E-state index contributed by atoms with van der Waals surface area (Å²) in [5, 5.41) is 4.08. The summed E-state index contributed by atoms with van der Waals surface area (Å²) in [6.45, 7) is 0. The van der Waals surface area contributed by atoms with Crippen LogP contribution in [0.4, 0.5) is 8.78 Å². The van der Waals surface area contributed by atoms with E-state index in [4.69, 9.17) is 0 Å². The number of benzene rings is 2. The molecule has 0 atom stereocenters. The van der Waals surface area contributed by atoms with Crippen LogP contribution in [0.2, 0.25) is 0 Å². The molecular formula is C16H10F2N2O. The van der Waals surface area contributed by atoms with E-state index in [-0.39, 0.29) is 11.3 Å². The summed E-state index contributed by atoms with van der Waals surface area (Å²) in [4.78, 5) is 12.4. The van der Waals surface area contributed by atoms with Crippen molar-refractivity contribution in [3.63, 3.8) is 0 Å². The summed E-state index contributed by atoms with van der Waals surface area (Å²) in [5.74, 6) is -2.16. The van der Waals surface area contributed by atoms with Crippen LogP contribution in [0.3, 0.4) is 0 Å². The van der Waals surface area contributed by atoms with Gasteiger partial charge in [0.05, 0.1) is 17.4 Å². The average molecular weight is 284 g/mol. The summed E-state index contributed by atoms with van der Waals surface area (Å²) in [7, 11) is 0. The maximum atomic E-state index is 13.7. The zero-order chi connectivity index (χ0) is 14.8. The highest BCUT2D eigenvalue weighted by Gasteiger charge is 2.19. The molecule has 0 aliphatic rings. The smallest absolute Gasteiger partial charge is 0.214 e. The van der Waals surface area contributed by atoms with Gasteiger partial charge in [0.25, 0.3) is 0 Å². The molecule has 2 aromatic carbocycles. The van der Waals surface area contributed by atoms with Gasteiger partial charge in [-0.15, -0.1) is 0 Å². The molecule has 0 radical (unpaired) electrons. The van der Waals surface area contributed by atoms with Crippen LogP contribution in [0.5, 0.6) is 0 Å². The van der Waals surface area contributed by atoms with Crippen molar-refractivity contribution < 1.29 is 13.6 Å². The monoisotopic (exact) mass is 284 g/mol. The van der Waals surface area contributed by atoms with Crippen molar-refractivity contribution in [3.8, 4) is 5.69 Å². The standard InChI is InChI=1S/C16H10F2N2O/c17-11-6-7-13(14(18)10-11)16(21)15-8-9-19-20(15)12-4-2-1-3-5-12/h1-10H. The highest BCUT2D eigenvalue weighted by Crippen LogP contribution is 2.17.